The van der Waals surface area contributed by atoms with Crippen LogP contribution in [0.1, 0.15) is 26.7 Å². The molecule has 0 aromatic carbocycles. The molecule has 2 rings (SSSR count). The molecule has 0 saturated carbocycles. The Kier molecular flexibility index (Phi) is 7.30. The van der Waals surface area contributed by atoms with Crippen LogP contribution in [0.15, 0.2) is 4.99 Å². The molecule has 0 aliphatic carbocycles. The number of carbonyl (C=O) groups excluding carboxylic acids is 1. The molecule has 24 heavy (non-hydrogen) atoms. The summed E-state index contributed by atoms with van der Waals surface area (Å²) in [5.74, 6) is 0.901. The van der Waals surface area contributed by atoms with Gasteiger partial charge in [-0.1, -0.05) is 6.92 Å². The largest absolute Gasteiger partial charge is 0.379 e. The van der Waals surface area contributed by atoms with Crippen molar-refractivity contribution in [2.75, 3.05) is 60.0 Å². The first-order valence-electron chi connectivity index (χ1n) is 9.09. The molecule has 2 atom stereocenters. The SMILES string of the molecule is CCC(C)NC(=NCC(=O)N(C)C)N1CCC(N2CCOCC2)C1. The van der Waals surface area contributed by atoms with Crippen molar-refractivity contribution in [1.29, 1.82) is 0 Å². The van der Waals surface area contributed by atoms with Crippen LogP contribution in [0.3, 0.4) is 0 Å². The highest BCUT2D eigenvalue weighted by molar-refractivity contribution is 5.85. The third-order valence-electron chi connectivity index (χ3n) is 4.88. The maximum Gasteiger partial charge on any atom is 0.243 e. The van der Waals surface area contributed by atoms with Crippen LogP contribution >= 0.6 is 0 Å². The first kappa shape index (κ1) is 19.0. The van der Waals surface area contributed by atoms with Crippen LogP contribution in [0.5, 0.6) is 0 Å². The zero-order valence-corrected chi connectivity index (χ0v) is 15.6. The minimum absolute atomic E-state index is 0.0300. The number of rotatable bonds is 5. The van der Waals surface area contributed by atoms with E-state index in [2.05, 4.69) is 34.0 Å². The molecule has 2 fully saturated rings. The predicted molar refractivity (Wildman–Crippen MR) is 96.3 cm³/mol. The molecule has 0 radical (unpaired) electrons. The first-order chi connectivity index (χ1) is 11.5. The van der Waals surface area contributed by atoms with Crippen molar-refractivity contribution < 1.29 is 9.53 Å². The van der Waals surface area contributed by atoms with Gasteiger partial charge in [0.25, 0.3) is 0 Å². The van der Waals surface area contributed by atoms with E-state index in [1.165, 1.54) is 0 Å². The quantitative estimate of drug-likeness (QED) is 0.574. The Labute approximate surface area is 146 Å². The molecule has 0 bridgehead atoms. The molecule has 1 N–H and O–H groups in total. The Morgan fingerprint density at radius 1 is 1.33 bits per heavy atom. The van der Waals surface area contributed by atoms with Gasteiger partial charge in [-0.25, -0.2) is 4.99 Å². The minimum Gasteiger partial charge on any atom is -0.379 e. The highest BCUT2D eigenvalue weighted by Crippen LogP contribution is 2.17. The van der Waals surface area contributed by atoms with Crippen molar-refractivity contribution in [3.8, 4) is 0 Å². The van der Waals surface area contributed by atoms with Crippen LogP contribution in [-0.2, 0) is 9.53 Å². The average Bonchev–Trinajstić information content (AvgIpc) is 3.08. The van der Waals surface area contributed by atoms with Gasteiger partial charge in [-0.15, -0.1) is 0 Å². The summed E-state index contributed by atoms with van der Waals surface area (Å²) >= 11 is 0. The summed E-state index contributed by atoms with van der Waals surface area (Å²) in [6.45, 7) is 10.2. The molecule has 2 heterocycles. The number of likely N-dealkylation sites (N-methyl/N-ethyl adjacent to an activating group) is 1. The van der Waals surface area contributed by atoms with Gasteiger partial charge in [0.15, 0.2) is 5.96 Å². The lowest BCUT2D eigenvalue weighted by molar-refractivity contribution is -0.127. The van der Waals surface area contributed by atoms with Crippen LogP contribution in [-0.4, -0.2) is 98.7 Å². The second-order valence-electron chi connectivity index (χ2n) is 6.92. The van der Waals surface area contributed by atoms with Gasteiger partial charge in [0, 0.05) is 52.4 Å². The first-order valence-corrected chi connectivity index (χ1v) is 9.09. The number of amides is 1. The number of carbonyl (C=O) groups is 1. The third-order valence-corrected chi connectivity index (χ3v) is 4.88. The summed E-state index contributed by atoms with van der Waals surface area (Å²) in [5, 5.41) is 3.49. The number of guanidine groups is 1. The Morgan fingerprint density at radius 3 is 2.67 bits per heavy atom. The molecule has 2 aliphatic rings. The second-order valence-corrected chi connectivity index (χ2v) is 6.92. The van der Waals surface area contributed by atoms with Gasteiger partial charge in [0.05, 0.1) is 13.2 Å². The van der Waals surface area contributed by atoms with Gasteiger partial charge in [0.2, 0.25) is 5.91 Å². The summed E-state index contributed by atoms with van der Waals surface area (Å²) in [7, 11) is 3.54. The van der Waals surface area contributed by atoms with E-state index >= 15 is 0 Å². The maximum absolute atomic E-state index is 11.9. The lowest BCUT2D eigenvalue weighted by Crippen LogP contribution is -2.48. The maximum atomic E-state index is 11.9. The topological polar surface area (TPSA) is 60.4 Å². The molecule has 7 nitrogen and oxygen atoms in total. The smallest absolute Gasteiger partial charge is 0.243 e. The van der Waals surface area contributed by atoms with Crippen LogP contribution in [0.4, 0.5) is 0 Å². The van der Waals surface area contributed by atoms with E-state index in [0.717, 1.165) is 58.2 Å². The summed E-state index contributed by atoms with van der Waals surface area (Å²) in [4.78, 5) is 22.9. The summed E-state index contributed by atoms with van der Waals surface area (Å²) in [5.41, 5.74) is 0. The molecule has 1 amide bonds. The fourth-order valence-corrected chi connectivity index (χ4v) is 3.02. The Morgan fingerprint density at radius 2 is 2.04 bits per heavy atom. The Hall–Kier alpha value is -1.34. The molecular formula is C17H33N5O2. The second kappa shape index (κ2) is 9.22. The molecule has 0 spiro atoms. The summed E-state index contributed by atoms with van der Waals surface area (Å²) in [6, 6.07) is 0.906. The van der Waals surface area contributed by atoms with Gasteiger partial charge in [-0.2, -0.15) is 0 Å². The van der Waals surface area contributed by atoms with Gasteiger partial charge >= 0.3 is 0 Å². The number of morpholine rings is 1. The van der Waals surface area contributed by atoms with Crippen molar-refractivity contribution in [1.82, 2.24) is 20.0 Å². The van der Waals surface area contributed by atoms with Crippen LogP contribution < -0.4 is 5.32 Å². The van der Waals surface area contributed by atoms with Gasteiger partial charge < -0.3 is 19.9 Å². The molecular weight excluding hydrogens is 306 g/mol. The molecule has 7 heteroatoms. The van der Waals surface area contributed by atoms with E-state index in [4.69, 9.17) is 4.74 Å². The van der Waals surface area contributed by atoms with E-state index in [1.807, 2.05) is 0 Å². The number of ether oxygens (including phenoxy) is 1. The van der Waals surface area contributed by atoms with Crippen molar-refractivity contribution in [2.45, 2.75) is 38.8 Å². The summed E-state index contributed by atoms with van der Waals surface area (Å²) < 4.78 is 5.45. The number of aliphatic imine (C=N–C) groups is 1. The lowest BCUT2D eigenvalue weighted by Gasteiger charge is -2.32. The van der Waals surface area contributed by atoms with Crippen LogP contribution in [0.25, 0.3) is 0 Å². The monoisotopic (exact) mass is 339 g/mol. The van der Waals surface area contributed by atoms with E-state index < -0.39 is 0 Å². The lowest BCUT2D eigenvalue weighted by atomic mass is 10.2. The zero-order valence-electron chi connectivity index (χ0n) is 15.6. The fraction of sp³-hybridized carbons (Fsp3) is 0.882. The average molecular weight is 339 g/mol. The number of likely N-dealkylation sites (tertiary alicyclic amines) is 1. The van der Waals surface area contributed by atoms with Crippen molar-refractivity contribution in [3.05, 3.63) is 0 Å². The van der Waals surface area contributed by atoms with E-state index in [-0.39, 0.29) is 12.5 Å². The minimum atomic E-state index is 0.0300. The molecule has 2 unspecified atom stereocenters. The normalized spacial score (nSPS) is 24.1. The summed E-state index contributed by atoms with van der Waals surface area (Å²) in [6.07, 6.45) is 2.17. The zero-order chi connectivity index (χ0) is 17.5. The van der Waals surface area contributed by atoms with Crippen molar-refractivity contribution in [2.24, 2.45) is 4.99 Å². The van der Waals surface area contributed by atoms with E-state index in [0.29, 0.717) is 12.1 Å². The van der Waals surface area contributed by atoms with Crippen molar-refractivity contribution >= 4 is 11.9 Å². The highest BCUT2D eigenvalue weighted by Gasteiger charge is 2.30. The van der Waals surface area contributed by atoms with E-state index in [1.54, 1.807) is 19.0 Å². The molecule has 2 aliphatic heterocycles. The predicted octanol–water partition coefficient (Wildman–Crippen LogP) is 0.225. The van der Waals surface area contributed by atoms with E-state index in [9.17, 15) is 4.79 Å². The number of hydrogen-bond acceptors (Lipinski definition) is 4. The fourth-order valence-electron chi connectivity index (χ4n) is 3.02. The molecule has 138 valence electrons. The van der Waals surface area contributed by atoms with Gasteiger partial charge in [-0.3, -0.25) is 9.69 Å². The number of nitrogens with one attached hydrogen (secondary N) is 1. The van der Waals surface area contributed by atoms with Crippen LogP contribution in [0.2, 0.25) is 0 Å². The Balaban J connectivity index is 1.98. The molecule has 0 aromatic heterocycles. The van der Waals surface area contributed by atoms with Crippen LogP contribution in [0, 0.1) is 0 Å². The Bertz CT molecular complexity index is 435. The van der Waals surface area contributed by atoms with Gasteiger partial charge in [-0.05, 0) is 19.8 Å². The standard InChI is InChI=1S/C17H33N5O2/c1-5-14(2)19-17(18-12-16(23)20(3)4)22-7-6-15(13-22)21-8-10-24-11-9-21/h14-15H,5-13H2,1-4H3,(H,18,19). The number of nitrogens with zero attached hydrogens (tertiary/aromatic N) is 4. The molecule has 0 aromatic rings. The highest BCUT2D eigenvalue weighted by atomic mass is 16.5. The number of hydrogen-bond donors (Lipinski definition) is 1. The van der Waals surface area contributed by atoms with Crippen molar-refractivity contribution in [3.63, 3.8) is 0 Å². The molecule has 2 saturated heterocycles. The third kappa shape index (κ3) is 5.34. The van der Waals surface area contributed by atoms with Gasteiger partial charge in [0.1, 0.15) is 6.54 Å².